The molecule has 7 nitrogen and oxygen atoms in total. The summed E-state index contributed by atoms with van der Waals surface area (Å²) in [5.74, 6) is 1.76. The van der Waals surface area contributed by atoms with Crippen LogP contribution in [0.3, 0.4) is 0 Å². The van der Waals surface area contributed by atoms with Gasteiger partial charge in [-0.1, -0.05) is 35.5 Å². The van der Waals surface area contributed by atoms with Crippen molar-refractivity contribution in [3.8, 4) is 11.3 Å². The monoisotopic (exact) mass is 495 g/mol. The molecule has 0 radical (unpaired) electrons. The molecule has 4 rings (SSSR count). The number of likely N-dealkylation sites (tertiary alicyclic amines) is 1. The number of rotatable bonds is 3. The maximum absolute atomic E-state index is 11.7. The Morgan fingerprint density at radius 1 is 1.39 bits per heavy atom. The first-order valence-electron chi connectivity index (χ1n) is 9.41. The molecule has 3 heterocycles. The lowest BCUT2D eigenvalue weighted by Crippen LogP contribution is -2.51. The summed E-state index contributed by atoms with van der Waals surface area (Å²) in [6, 6.07) is 11.9. The van der Waals surface area contributed by atoms with E-state index in [0.29, 0.717) is 13.0 Å². The average molecular weight is 495 g/mol. The summed E-state index contributed by atoms with van der Waals surface area (Å²) in [5, 5.41) is 10.5. The lowest BCUT2D eigenvalue weighted by atomic mass is 9.79. The molecule has 1 amide bonds. The third-order valence-corrected chi connectivity index (χ3v) is 5.42. The van der Waals surface area contributed by atoms with Crippen LogP contribution in [0.4, 0.5) is 0 Å². The number of guanidine groups is 1. The molecule has 1 atom stereocenters. The van der Waals surface area contributed by atoms with Crippen LogP contribution in [0.25, 0.3) is 11.3 Å². The van der Waals surface area contributed by atoms with Crippen LogP contribution >= 0.6 is 24.0 Å². The van der Waals surface area contributed by atoms with Crippen molar-refractivity contribution < 1.29 is 9.32 Å². The Labute approximate surface area is 182 Å². The van der Waals surface area contributed by atoms with Crippen LogP contribution in [-0.4, -0.2) is 48.6 Å². The molecule has 2 saturated heterocycles. The van der Waals surface area contributed by atoms with E-state index in [2.05, 4.69) is 25.7 Å². The molecule has 0 aliphatic carbocycles. The number of hydrogen-bond donors (Lipinski definition) is 2. The Bertz CT molecular complexity index is 838. The molecule has 1 unspecified atom stereocenters. The first-order valence-corrected chi connectivity index (χ1v) is 9.41. The highest BCUT2D eigenvalue weighted by atomic mass is 127. The van der Waals surface area contributed by atoms with Crippen LogP contribution in [0.1, 0.15) is 25.0 Å². The minimum Gasteiger partial charge on any atom is -0.359 e. The van der Waals surface area contributed by atoms with Crippen LogP contribution in [0.2, 0.25) is 0 Å². The lowest BCUT2D eigenvalue weighted by molar-refractivity contribution is -0.119. The molecule has 28 heavy (non-hydrogen) atoms. The molecule has 1 aromatic heterocycles. The minimum atomic E-state index is 0. The van der Waals surface area contributed by atoms with Gasteiger partial charge >= 0.3 is 0 Å². The number of carbonyl (C=O) groups excluding carboxylic acids is 1. The second-order valence-corrected chi connectivity index (χ2v) is 7.42. The minimum absolute atomic E-state index is 0. The first-order chi connectivity index (χ1) is 13.2. The Kier molecular flexibility index (Phi) is 6.58. The van der Waals surface area contributed by atoms with Crippen LogP contribution in [-0.2, 0) is 11.3 Å². The molecule has 8 heteroatoms. The number of amides is 1. The quantitative estimate of drug-likeness (QED) is 0.389. The predicted molar refractivity (Wildman–Crippen MR) is 118 cm³/mol. The Morgan fingerprint density at radius 2 is 2.21 bits per heavy atom. The Hall–Kier alpha value is -2.10. The SMILES string of the molecule is CN=C(NCc1cc(-c2ccccc2)no1)N1CCCC2(CNC(=O)C2)C1.I. The number of nitrogens with one attached hydrogen (secondary N) is 2. The topological polar surface area (TPSA) is 82.8 Å². The summed E-state index contributed by atoms with van der Waals surface area (Å²) in [6.07, 6.45) is 2.76. The molecule has 1 spiro atoms. The molecular formula is C20H26IN5O2. The fraction of sp³-hybridized carbons (Fsp3) is 0.450. The fourth-order valence-electron chi connectivity index (χ4n) is 4.07. The number of aliphatic imine (C=N–C) groups is 1. The van der Waals surface area contributed by atoms with E-state index < -0.39 is 0 Å². The smallest absolute Gasteiger partial charge is 0.220 e. The lowest BCUT2D eigenvalue weighted by Gasteiger charge is -2.40. The summed E-state index contributed by atoms with van der Waals surface area (Å²) < 4.78 is 5.47. The number of halogens is 1. The number of aromatic nitrogens is 1. The zero-order valence-electron chi connectivity index (χ0n) is 16.0. The average Bonchev–Trinajstić information content (AvgIpc) is 3.30. The maximum atomic E-state index is 11.7. The third-order valence-electron chi connectivity index (χ3n) is 5.42. The van der Waals surface area contributed by atoms with Gasteiger partial charge in [-0.2, -0.15) is 0 Å². The molecule has 1 aromatic carbocycles. The van der Waals surface area contributed by atoms with Crippen molar-refractivity contribution in [3.63, 3.8) is 0 Å². The fourth-order valence-corrected chi connectivity index (χ4v) is 4.07. The zero-order chi connectivity index (χ0) is 18.7. The summed E-state index contributed by atoms with van der Waals surface area (Å²) in [7, 11) is 1.79. The van der Waals surface area contributed by atoms with Gasteiger partial charge in [-0.25, -0.2) is 0 Å². The van der Waals surface area contributed by atoms with Gasteiger partial charge in [-0.05, 0) is 12.8 Å². The molecule has 2 N–H and O–H groups in total. The standard InChI is InChI=1S/C20H25N5O2.HI/c1-21-19(25-9-5-8-20(14-25)11-18(26)23-13-20)22-12-16-10-17(24-27-16)15-6-3-2-4-7-15;/h2-4,6-7,10H,5,8-9,11-14H2,1H3,(H,21,22)(H,23,26);1H. The molecule has 0 saturated carbocycles. The van der Waals surface area contributed by atoms with Crippen LogP contribution in [0.5, 0.6) is 0 Å². The van der Waals surface area contributed by atoms with Gasteiger partial charge in [0.25, 0.3) is 0 Å². The predicted octanol–water partition coefficient (Wildman–Crippen LogP) is 2.64. The molecule has 150 valence electrons. The van der Waals surface area contributed by atoms with Crippen molar-refractivity contribution in [2.75, 3.05) is 26.7 Å². The molecule has 2 fully saturated rings. The number of piperidine rings is 1. The number of hydrogen-bond acceptors (Lipinski definition) is 4. The molecule has 2 aliphatic rings. The number of nitrogens with zero attached hydrogens (tertiary/aromatic N) is 3. The third kappa shape index (κ3) is 4.48. The summed E-state index contributed by atoms with van der Waals surface area (Å²) in [4.78, 5) is 18.4. The summed E-state index contributed by atoms with van der Waals surface area (Å²) in [6.45, 7) is 3.08. The summed E-state index contributed by atoms with van der Waals surface area (Å²) in [5.41, 5.74) is 1.91. The number of carbonyl (C=O) groups is 1. The van der Waals surface area contributed by atoms with E-state index in [1.807, 2.05) is 36.4 Å². The molecular weight excluding hydrogens is 469 g/mol. The molecule has 2 aromatic rings. The Balaban J connectivity index is 0.00000225. The van der Waals surface area contributed by atoms with Crippen molar-refractivity contribution >= 4 is 35.8 Å². The van der Waals surface area contributed by atoms with E-state index in [-0.39, 0.29) is 35.3 Å². The van der Waals surface area contributed by atoms with E-state index in [0.717, 1.165) is 55.5 Å². The van der Waals surface area contributed by atoms with Crippen LogP contribution < -0.4 is 10.6 Å². The van der Waals surface area contributed by atoms with Crippen LogP contribution in [0.15, 0.2) is 45.9 Å². The van der Waals surface area contributed by atoms with Crippen LogP contribution in [0, 0.1) is 5.41 Å². The van der Waals surface area contributed by atoms with Crippen molar-refractivity contribution in [2.45, 2.75) is 25.8 Å². The van der Waals surface area contributed by atoms with E-state index >= 15 is 0 Å². The summed E-state index contributed by atoms with van der Waals surface area (Å²) >= 11 is 0. The molecule has 0 bridgehead atoms. The van der Waals surface area contributed by atoms with Gasteiger partial charge < -0.3 is 20.1 Å². The Morgan fingerprint density at radius 3 is 2.93 bits per heavy atom. The van der Waals surface area contributed by atoms with E-state index in [4.69, 9.17) is 4.52 Å². The number of benzene rings is 1. The molecule has 2 aliphatic heterocycles. The van der Waals surface area contributed by atoms with E-state index in [9.17, 15) is 4.79 Å². The van der Waals surface area contributed by atoms with Gasteiger partial charge in [0, 0.05) is 50.1 Å². The highest BCUT2D eigenvalue weighted by Gasteiger charge is 2.42. The van der Waals surface area contributed by atoms with Crippen molar-refractivity contribution in [1.82, 2.24) is 20.7 Å². The van der Waals surface area contributed by atoms with Gasteiger partial charge in [0.15, 0.2) is 11.7 Å². The van der Waals surface area contributed by atoms with Gasteiger partial charge in [0.2, 0.25) is 5.91 Å². The van der Waals surface area contributed by atoms with Crippen molar-refractivity contribution in [2.24, 2.45) is 10.4 Å². The zero-order valence-corrected chi connectivity index (χ0v) is 18.3. The first kappa shape index (κ1) is 20.6. The highest BCUT2D eigenvalue weighted by Crippen LogP contribution is 2.36. The second kappa shape index (κ2) is 8.93. The van der Waals surface area contributed by atoms with Gasteiger partial charge in [0.1, 0.15) is 5.69 Å². The van der Waals surface area contributed by atoms with Gasteiger partial charge in [0.05, 0.1) is 6.54 Å². The second-order valence-electron chi connectivity index (χ2n) is 7.42. The van der Waals surface area contributed by atoms with Crippen molar-refractivity contribution in [3.05, 3.63) is 42.2 Å². The largest absolute Gasteiger partial charge is 0.359 e. The van der Waals surface area contributed by atoms with Gasteiger partial charge in [-0.3, -0.25) is 9.79 Å². The van der Waals surface area contributed by atoms with Crippen molar-refractivity contribution in [1.29, 1.82) is 0 Å². The van der Waals surface area contributed by atoms with E-state index in [1.165, 1.54) is 0 Å². The normalized spacial score (nSPS) is 22.1. The maximum Gasteiger partial charge on any atom is 0.220 e. The van der Waals surface area contributed by atoms with Gasteiger partial charge in [-0.15, -0.1) is 24.0 Å². The highest BCUT2D eigenvalue weighted by molar-refractivity contribution is 14.0. The van der Waals surface area contributed by atoms with E-state index in [1.54, 1.807) is 7.05 Å².